The van der Waals surface area contributed by atoms with E-state index in [-0.39, 0.29) is 5.91 Å². The maximum absolute atomic E-state index is 12.8. The first-order valence-corrected chi connectivity index (χ1v) is 8.44. The molecule has 0 aliphatic carbocycles. The summed E-state index contributed by atoms with van der Waals surface area (Å²) in [5.41, 5.74) is 3.22. The summed E-state index contributed by atoms with van der Waals surface area (Å²) in [6.07, 6.45) is 2.00. The van der Waals surface area contributed by atoms with Gasteiger partial charge in [-0.15, -0.1) is 5.10 Å². The van der Waals surface area contributed by atoms with Gasteiger partial charge in [0.05, 0.1) is 0 Å². The lowest BCUT2D eigenvalue weighted by atomic mass is 10.1. The monoisotopic (exact) mass is 350 g/mol. The van der Waals surface area contributed by atoms with Crippen LogP contribution in [0.1, 0.15) is 17.2 Å². The molecule has 7 heteroatoms. The second kappa shape index (κ2) is 8.24. The average Bonchev–Trinajstić information content (AvgIpc) is 3.19. The Hall–Kier alpha value is -3.22. The van der Waals surface area contributed by atoms with Crippen LogP contribution in [-0.2, 0) is 17.8 Å². The molecule has 0 radical (unpaired) electrons. The molecule has 134 valence electrons. The van der Waals surface area contributed by atoms with Crippen molar-refractivity contribution in [3.8, 4) is 0 Å². The Morgan fingerprint density at radius 1 is 1.08 bits per heavy atom. The van der Waals surface area contributed by atoms with Crippen LogP contribution in [0, 0.1) is 0 Å². The Labute approximate surface area is 152 Å². The number of carbonyl (C=O) groups is 1. The topological polar surface area (TPSA) is 75.9 Å². The van der Waals surface area contributed by atoms with E-state index in [2.05, 4.69) is 20.8 Å². The second-order valence-electron chi connectivity index (χ2n) is 6.27. The summed E-state index contributed by atoms with van der Waals surface area (Å²) < 4.78 is 1.50. The molecule has 3 aromatic rings. The van der Waals surface area contributed by atoms with Crippen molar-refractivity contribution in [3.63, 3.8) is 0 Å². The molecule has 0 aliphatic heterocycles. The molecule has 0 unspecified atom stereocenters. The van der Waals surface area contributed by atoms with E-state index in [0.717, 1.165) is 16.8 Å². The van der Waals surface area contributed by atoms with Gasteiger partial charge in [0.1, 0.15) is 12.4 Å². The molecule has 1 amide bonds. The number of amides is 1. The number of nitrogens with one attached hydrogen (secondary N) is 1. The molecule has 1 heterocycles. The first-order chi connectivity index (χ1) is 12.6. The fourth-order valence-electron chi connectivity index (χ4n) is 2.67. The van der Waals surface area contributed by atoms with Crippen LogP contribution < -0.4 is 10.2 Å². The smallest absolute Gasteiger partial charge is 0.245 e. The lowest BCUT2D eigenvalue weighted by Crippen LogP contribution is -2.34. The fourth-order valence-corrected chi connectivity index (χ4v) is 2.67. The minimum Gasteiger partial charge on any atom is -0.378 e. The van der Waals surface area contributed by atoms with Crippen molar-refractivity contribution < 1.29 is 4.79 Å². The number of nitrogens with zero attached hydrogens (tertiary/aromatic N) is 5. The molecule has 0 fully saturated rings. The predicted molar refractivity (Wildman–Crippen MR) is 99.6 cm³/mol. The Morgan fingerprint density at radius 3 is 2.42 bits per heavy atom. The van der Waals surface area contributed by atoms with Gasteiger partial charge >= 0.3 is 0 Å². The van der Waals surface area contributed by atoms with E-state index < -0.39 is 6.04 Å². The largest absolute Gasteiger partial charge is 0.378 e. The van der Waals surface area contributed by atoms with Gasteiger partial charge in [-0.2, -0.15) is 0 Å². The van der Waals surface area contributed by atoms with Crippen molar-refractivity contribution in [1.29, 1.82) is 0 Å². The summed E-state index contributed by atoms with van der Waals surface area (Å²) in [6, 6.07) is 17.4. The second-order valence-corrected chi connectivity index (χ2v) is 6.27. The highest BCUT2D eigenvalue weighted by molar-refractivity contribution is 5.80. The van der Waals surface area contributed by atoms with Crippen molar-refractivity contribution in [2.75, 3.05) is 19.0 Å². The van der Waals surface area contributed by atoms with Gasteiger partial charge in [-0.1, -0.05) is 42.5 Å². The summed E-state index contributed by atoms with van der Waals surface area (Å²) in [5, 5.41) is 14.2. The molecule has 1 aromatic heterocycles. The van der Waals surface area contributed by atoms with Gasteiger partial charge in [-0.25, -0.2) is 4.68 Å². The number of carbonyl (C=O) groups excluding carboxylic acids is 1. The fraction of sp³-hybridized carbons (Fsp3) is 0.263. The van der Waals surface area contributed by atoms with Crippen LogP contribution in [0.3, 0.4) is 0 Å². The summed E-state index contributed by atoms with van der Waals surface area (Å²) >= 11 is 0. The van der Waals surface area contributed by atoms with Gasteiger partial charge in [0.15, 0.2) is 0 Å². The molecule has 3 rings (SSSR count). The van der Waals surface area contributed by atoms with Crippen LogP contribution in [0.15, 0.2) is 60.9 Å². The quantitative estimate of drug-likeness (QED) is 0.704. The summed E-state index contributed by atoms with van der Waals surface area (Å²) in [6.45, 7) is 0.458. The third-order valence-electron chi connectivity index (χ3n) is 4.18. The number of benzene rings is 2. The summed E-state index contributed by atoms with van der Waals surface area (Å²) in [7, 11) is 3.99. The molecular weight excluding hydrogens is 328 g/mol. The molecule has 0 bridgehead atoms. The van der Waals surface area contributed by atoms with Gasteiger partial charge in [0.25, 0.3) is 0 Å². The van der Waals surface area contributed by atoms with Gasteiger partial charge in [0, 0.05) is 32.7 Å². The highest BCUT2D eigenvalue weighted by Crippen LogP contribution is 2.15. The van der Waals surface area contributed by atoms with E-state index >= 15 is 0 Å². The Balaban J connectivity index is 1.67. The molecule has 26 heavy (non-hydrogen) atoms. The molecule has 0 saturated carbocycles. The molecule has 7 nitrogen and oxygen atoms in total. The number of hydrogen-bond donors (Lipinski definition) is 1. The molecule has 0 aliphatic rings. The van der Waals surface area contributed by atoms with E-state index in [9.17, 15) is 4.79 Å². The number of rotatable bonds is 7. The standard InChI is InChI=1S/C19H22N6O/c1-24(2)17-10-8-16(9-11-17)13-20-19(26)18(25-14-21-22-23-25)12-15-6-4-3-5-7-15/h3-11,14,18H,12-13H2,1-2H3,(H,20,26)/t18-/m0/s1. The minimum absolute atomic E-state index is 0.113. The van der Waals surface area contributed by atoms with Crippen LogP contribution >= 0.6 is 0 Å². The maximum Gasteiger partial charge on any atom is 0.245 e. The number of tetrazole rings is 1. The van der Waals surface area contributed by atoms with Crippen LogP contribution in [0.2, 0.25) is 0 Å². The zero-order valence-electron chi connectivity index (χ0n) is 14.9. The van der Waals surface area contributed by atoms with Crippen LogP contribution in [0.25, 0.3) is 0 Å². The third kappa shape index (κ3) is 4.44. The normalized spacial score (nSPS) is 11.8. The van der Waals surface area contributed by atoms with E-state index in [1.165, 1.54) is 11.0 Å². The van der Waals surface area contributed by atoms with Crippen molar-refractivity contribution in [3.05, 3.63) is 72.1 Å². The highest BCUT2D eigenvalue weighted by atomic mass is 16.2. The van der Waals surface area contributed by atoms with E-state index in [0.29, 0.717) is 13.0 Å². The molecule has 1 atom stereocenters. The number of anilines is 1. The van der Waals surface area contributed by atoms with Gasteiger partial charge < -0.3 is 10.2 Å². The lowest BCUT2D eigenvalue weighted by Gasteiger charge is -2.17. The van der Waals surface area contributed by atoms with E-state index in [4.69, 9.17) is 0 Å². The number of aromatic nitrogens is 4. The molecule has 0 saturated heterocycles. The van der Waals surface area contributed by atoms with E-state index in [1.807, 2.05) is 73.6 Å². The first kappa shape index (κ1) is 17.6. The molecule has 0 spiro atoms. The van der Waals surface area contributed by atoms with Crippen molar-refractivity contribution >= 4 is 11.6 Å². The Kier molecular flexibility index (Phi) is 5.58. The SMILES string of the molecule is CN(C)c1ccc(CNC(=O)[C@H](Cc2ccccc2)n2cnnn2)cc1. The molecule has 2 aromatic carbocycles. The lowest BCUT2D eigenvalue weighted by molar-refractivity contribution is -0.124. The zero-order chi connectivity index (χ0) is 18.4. The summed E-state index contributed by atoms with van der Waals surface area (Å²) in [4.78, 5) is 14.8. The molecule has 1 N–H and O–H groups in total. The van der Waals surface area contributed by atoms with Gasteiger partial charge in [0.2, 0.25) is 5.91 Å². The van der Waals surface area contributed by atoms with Crippen molar-refractivity contribution in [1.82, 2.24) is 25.5 Å². The average molecular weight is 350 g/mol. The predicted octanol–water partition coefficient (Wildman–Crippen LogP) is 1.84. The highest BCUT2D eigenvalue weighted by Gasteiger charge is 2.22. The van der Waals surface area contributed by atoms with Crippen molar-refractivity contribution in [2.24, 2.45) is 0 Å². The Morgan fingerprint density at radius 2 is 1.81 bits per heavy atom. The maximum atomic E-state index is 12.8. The Bertz CT molecular complexity index is 815. The third-order valence-corrected chi connectivity index (χ3v) is 4.18. The van der Waals surface area contributed by atoms with Gasteiger partial charge in [-0.05, 0) is 33.7 Å². The number of hydrogen-bond acceptors (Lipinski definition) is 5. The van der Waals surface area contributed by atoms with E-state index in [1.54, 1.807) is 0 Å². The van der Waals surface area contributed by atoms with Crippen LogP contribution in [-0.4, -0.2) is 40.2 Å². The van der Waals surface area contributed by atoms with Crippen LogP contribution in [0.5, 0.6) is 0 Å². The summed E-state index contributed by atoms with van der Waals surface area (Å²) in [5.74, 6) is -0.113. The molecular formula is C19H22N6O. The zero-order valence-corrected chi connectivity index (χ0v) is 14.9. The van der Waals surface area contributed by atoms with Crippen LogP contribution in [0.4, 0.5) is 5.69 Å². The first-order valence-electron chi connectivity index (χ1n) is 8.44. The minimum atomic E-state index is -0.492. The van der Waals surface area contributed by atoms with Crippen molar-refractivity contribution in [2.45, 2.75) is 19.0 Å². The van der Waals surface area contributed by atoms with Gasteiger partial charge in [-0.3, -0.25) is 4.79 Å².